The molecule has 8 nitrogen and oxygen atoms in total. The second-order valence-electron chi connectivity index (χ2n) is 18.3. The van der Waals surface area contributed by atoms with E-state index < -0.39 is 12.1 Å². The molecule has 2 aromatic rings. The van der Waals surface area contributed by atoms with E-state index in [0.717, 1.165) is 63.2 Å². The van der Waals surface area contributed by atoms with Gasteiger partial charge in [0, 0.05) is 48.1 Å². The maximum Gasteiger partial charge on any atom is 0.490 e. The first-order chi connectivity index (χ1) is 27.5. The van der Waals surface area contributed by atoms with Crippen molar-refractivity contribution in [1.82, 2.24) is 20.4 Å². The number of carbonyl (C=O) groups excluding carboxylic acids is 2. The number of carbonyl (C=O) groups is 3. The molecule has 2 saturated heterocycles. The number of hydrogen-bond donors (Lipinski definition) is 3. The van der Waals surface area contributed by atoms with Gasteiger partial charge in [-0.05, 0) is 156 Å². The summed E-state index contributed by atoms with van der Waals surface area (Å²) < 4.78 is 31.7. The molecular weight excluding hydrogens is 730 g/mol. The SMILES string of the molecule is O=C(NC1CCC(CCN2[C@@H]3CC[C@H]2c2ccccc23)CC1)C1CCCC(C(=O)NC2CCC(CCN3[C@@H]4CC[C@H]3c3ccccc34)CC2)C1.O=C(O)C(F)(F)F. The topological polar surface area (TPSA) is 102 Å². The zero-order valence-electron chi connectivity index (χ0n) is 33.2. The molecule has 2 amide bonds. The molecule has 0 spiro atoms. The van der Waals surface area contributed by atoms with Crippen LogP contribution in [-0.2, 0) is 14.4 Å². The molecule has 2 unspecified atom stereocenters. The van der Waals surface area contributed by atoms with Gasteiger partial charge in [0.15, 0.2) is 0 Å². The smallest absolute Gasteiger partial charge is 0.475 e. The first-order valence-electron chi connectivity index (χ1n) is 22.1. The molecule has 3 saturated carbocycles. The lowest BCUT2D eigenvalue weighted by Crippen LogP contribution is -2.45. The molecule has 11 heteroatoms. The molecule has 3 N–H and O–H groups in total. The summed E-state index contributed by atoms with van der Waals surface area (Å²) in [6, 6.07) is 21.4. The number of nitrogens with one attached hydrogen (secondary N) is 2. The molecule has 310 valence electrons. The van der Waals surface area contributed by atoms with Crippen molar-refractivity contribution in [2.45, 2.75) is 158 Å². The van der Waals surface area contributed by atoms with Crippen LogP contribution in [0.15, 0.2) is 48.5 Å². The zero-order chi connectivity index (χ0) is 39.7. The van der Waals surface area contributed by atoms with E-state index in [1.54, 1.807) is 22.3 Å². The average molecular weight is 791 g/mol. The van der Waals surface area contributed by atoms with Gasteiger partial charge in [-0.1, -0.05) is 55.0 Å². The standard InChI is InChI=1S/C44H60N4O2.C2HF3O2/c49-43(45-33-16-12-29(13-17-33)24-26-47-39-20-21-40(47)36-9-2-1-8-35(36)39)31-6-5-7-32(28-31)44(50)46-34-18-14-30(15-19-34)25-27-48-41-22-23-42(48)38-11-4-3-10-37(38)41;3-2(4,5)1(6)7/h1-4,8-11,29-34,39-42H,5-7,12-28H2,(H,45,49)(H,46,50);(H,6,7)/t29?,30?,31?,32?,33?,34?,39-,40+,41-,42+;. The third-order valence-corrected chi connectivity index (χ3v) is 15.1. The second kappa shape index (κ2) is 17.4. The lowest BCUT2D eigenvalue weighted by molar-refractivity contribution is -0.192. The summed E-state index contributed by atoms with van der Waals surface area (Å²) in [6.07, 6.45) is 15.7. The van der Waals surface area contributed by atoms with Crippen molar-refractivity contribution in [2.75, 3.05) is 13.1 Å². The number of nitrogens with zero attached hydrogens (tertiary/aromatic N) is 2. The van der Waals surface area contributed by atoms with E-state index in [1.807, 2.05) is 0 Å². The Morgan fingerprint density at radius 2 is 0.895 bits per heavy atom. The van der Waals surface area contributed by atoms with Crippen LogP contribution in [0.1, 0.15) is 162 Å². The molecule has 4 heterocycles. The fourth-order valence-corrected chi connectivity index (χ4v) is 12.1. The largest absolute Gasteiger partial charge is 0.490 e. The van der Waals surface area contributed by atoms with Crippen LogP contribution in [0, 0.1) is 23.7 Å². The fraction of sp³-hybridized carbons (Fsp3) is 0.674. The monoisotopic (exact) mass is 790 g/mol. The quantitative estimate of drug-likeness (QED) is 0.222. The Hall–Kier alpha value is -3.44. The molecule has 9 rings (SSSR count). The van der Waals surface area contributed by atoms with E-state index in [9.17, 15) is 22.8 Å². The van der Waals surface area contributed by atoms with E-state index in [-0.39, 0.29) is 23.7 Å². The highest BCUT2D eigenvalue weighted by atomic mass is 19.4. The number of alkyl halides is 3. The molecule has 0 radical (unpaired) electrons. The summed E-state index contributed by atoms with van der Waals surface area (Å²) in [6.45, 7) is 2.43. The summed E-state index contributed by atoms with van der Waals surface area (Å²) in [7, 11) is 0. The number of rotatable bonds is 10. The van der Waals surface area contributed by atoms with Crippen LogP contribution in [0.2, 0.25) is 0 Å². The van der Waals surface area contributed by atoms with Crippen molar-refractivity contribution < 1.29 is 32.7 Å². The summed E-state index contributed by atoms with van der Waals surface area (Å²) in [5, 5.41) is 14.0. The fourth-order valence-electron chi connectivity index (χ4n) is 12.1. The highest BCUT2D eigenvalue weighted by Gasteiger charge is 2.45. The maximum absolute atomic E-state index is 13.4. The van der Waals surface area contributed by atoms with Gasteiger partial charge in [-0.15, -0.1) is 0 Å². The molecule has 4 aliphatic heterocycles. The van der Waals surface area contributed by atoms with E-state index in [1.165, 1.54) is 77.3 Å². The lowest BCUT2D eigenvalue weighted by atomic mass is 9.79. The molecule has 7 aliphatic rings. The van der Waals surface area contributed by atoms with Crippen LogP contribution < -0.4 is 10.6 Å². The number of fused-ring (bicyclic) bond motifs is 10. The minimum atomic E-state index is -5.08. The van der Waals surface area contributed by atoms with Crippen LogP contribution in [0.3, 0.4) is 0 Å². The Morgan fingerprint density at radius 1 is 0.561 bits per heavy atom. The Balaban J connectivity index is 0.000000598. The van der Waals surface area contributed by atoms with Crippen LogP contribution in [0.5, 0.6) is 0 Å². The van der Waals surface area contributed by atoms with Gasteiger partial charge in [0.2, 0.25) is 11.8 Å². The van der Waals surface area contributed by atoms with Crippen molar-refractivity contribution in [3.8, 4) is 0 Å². The highest BCUT2D eigenvalue weighted by Crippen LogP contribution is 2.54. The second-order valence-corrected chi connectivity index (χ2v) is 18.3. The van der Waals surface area contributed by atoms with Gasteiger partial charge in [-0.3, -0.25) is 19.4 Å². The first kappa shape index (κ1) is 40.3. The minimum absolute atomic E-state index is 0.00717. The minimum Gasteiger partial charge on any atom is -0.475 e. The Morgan fingerprint density at radius 3 is 1.21 bits per heavy atom. The lowest BCUT2D eigenvalue weighted by Gasteiger charge is -2.34. The average Bonchev–Trinajstić information content (AvgIpc) is 3.98. The van der Waals surface area contributed by atoms with Crippen LogP contribution in [0.4, 0.5) is 13.2 Å². The molecule has 5 fully saturated rings. The normalized spacial score (nSPS) is 33.2. The van der Waals surface area contributed by atoms with Crippen molar-refractivity contribution >= 4 is 17.8 Å². The number of halogens is 3. The van der Waals surface area contributed by atoms with E-state index in [0.29, 0.717) is 36.3 Å². The summed E-state index contributed by atoms with van der Waals surface area (Å²) in [5.41, 5.74) is 6.34. The Kier molecular flexibility index (Phi) is 12.3. The van der Waals surface area contributed by atoms with Crippen LogP contribution in [0.25, 0.3) is 0 Å². The van der Waals surface area contributed by atoms with Gasteiger partial charge in [-0.25, -0.2) is 4.79 Å². The predicted molar refractivity (Wildman–Crippen MR) is 212 cm³/mol. The third kappa shape index (κ3) is 8.94. The number of aliphatic carboxylic acids is 1. The third-order valence-electron chi connectivity index (χ3n) is 15.1. The van der Waals surface area contributed by atoms with E-state index in [4.69, 9.17) is 9.90 Å². The van der Waals surface area contributed by atoms with Gasteiger partial charge in [0.25, 0.3) is 0 Å². The molecule has 0 aromatic heterocycles. The summed E-state index contributed by atoms with van der Waals surface area (Å²) in [4.78, 5) is 41.4. The summed E-state index contributed by atoms with van der Waals surface area (Å²) in [5.74, 6) is -0.781. The van der Waals surface area contributed by atoms with Gasteiger partial charge < -0.3 is 15.7 Å². The molecule has 2 aromatic carbocycles. The number of benzene rings is 2. The first-order valence-corrected chi connectivity index (χ1v) is 22.1. The van der Waals surface area contributed by atoms with E-state index >= 15 is 0 Å². The summed E-state index contributed by atoms with van der Waals surface area (Å²) >= 11 is 0. The van der Waals surface area contributed by atoms with E-state index in [2.05, 4.69) is 69.0 Å². The number of hydrogen-bond acceptors (Lipinski definition) is 5. The Labute approximate surface area is 335 Å². The zero-order valence-corrected chi connectivity index (χ0v) is 33.2. The molecule has 3 aliphatic carbocycles. The number of carboxylic acid groups (broad SMARTS) is 1. The predicted octanol–water partition coefficient (Wildman–Crippen LogP) is 9.34. The Bertz CT molecular complexity index is 1560. The maximum atomic E-state index is 13.4. The number of carboxylic acids is 1. The van der Waals surface area contributed by atoms with Crippen LogP contribution >= 0.6 is 0 Å². The molecule has 6 atom stereocenters. The van der Waals surface area contributed by atoms with Crippen molar-refractivity contribution in [3.63, 3.8) is 0 Å². The van der Waals surface area contributed by atoms with Gasteiger partial charge in [-0.2, -0.15) is 13.2 Å². The van der Waals surface area contributed by atoms with Crippen LogP contribution in [-0.4, -0.2) is 64.0 Å². The van der Waals surface area contributed by atoms with Gasteiger partial charge in [0.05, 0.1) is 0 Å². The highest BCUT2D eigenvalue weighted by molar-refractivity contribution is 5.82. The van der Waals surface area contributed by atoms with Gasteiger partial charge >= 0.3 is 12.1 Å². The van der Waals surface area contributed by atoms with Crippen molar-refractivity contribution in [1.29, 1.82) is 0 Å². The van der Waals surface area contributed by atoms with Crippen molar-refractivity contribution in [3.05, 3.63) is 70.8 Å². The number of amides is 2. The van der Waals surface area contributed by atoms with Crippen molar-refractivity contribution in [2.24, 2.45) is 23.7 Å². The molecule has 57 heavy (non-hydrogen) atoms. The van der Waals surface area contributed by atoms with Gasteiger partial charge in [0.1, 0.15) is 0 Å². The molecule has 4 bridgehead atoms. The molecular formula is C46H61F3N4O4.